The van der Waals surface area contributed by atoms with Crippen molar-refractivity contribution in [2.45, 2.75) is 37.6 Å². The lowest BCUT2D eigenvalue weighted by molar-refractivity contribution is 0.571. The van der Waals surface area contributed by atoms with Crippen LogP contribution in [0.1, 0.15) is 23.9 Å². The van der Waals surface area contributed by atoms with Crippen LogP contribution in [0.25, 0.3) is 11.0 Å². The molecule has 0 radical (unpaired) electrons. The van der Waals surface area contributed by atoms with Gasteiger partial charge in [0.2, 0.25) is 10.0 Å². The normalized spacial score (nSPS) is 11.8. The fraction of sp³-hybridized carbons (Fsp3) is 0.240. The molecule has 1 aromatic heterocycles. The molecule has 0 aliphatic rings. The first kappa shape index (κ1) is 21.3. The molecule has 0 aliphatic carbocycles. The summed E-state index contributed by atoms with van der Waals surface area (Å²) in [4.78, 5) is 5.10. The quantitative estimate of drug-likeness (QED) is 0.426. The van der Waals surface area contributed by atoms with E-state index >= 15 is 0 Å². The molecule has 0 bridgehead atoms. The molecule has 6 heteroatoms. The van der Waals surface area contributed by atoms with E-state index in [1.54, 1.807) is 12.1 Å². The van der Waals surface area contributed by atoms with E-state index in [0.29, 0.717) is 18.0 Å². The second kappa shape index (κ2) is 9.45. The summed E-state index contributed by atoms with van der Waals surface area (Å²) in [5.41, 5.74) is 4.34. The molecule has 0 unspecified atom stereocenters. The number of para-hydroxylation sites is 2. The summed E-state index contributed by atoms with van der Waals surface area (Å²) in [5.74, 6) is 0.969. The van der Waals surface area contributed by atoms with Gasteiger partial charge in [0.15, 0.2) is 0 Å². The van der Waals surface area contributed by atoms with Crippen molar-refractivity contribution >= 4 is 21.1 Å². The van der Waals surface area contributed by atoms with Gasteiger partial charge in [-0.15, -0.1) is 0 Å². The van der Waals surface area contributed by atoms with E-state index in [2.05, 4.69) is 21.4 Å². The maximum atomic E-state index is 12.7. The van der Waals surface area contributed by atoms with Crippen LogP contribution in [0, 0.1) is 0 Å². The molecule has 160 valence electrons. The molecule has 0 fully saturated rings. The number of rotatable bonds is 9. The Morgan fingerprint density at radius 3 is 2.29 bits per heavy atom. The van der Waals surface area contributed by atoms with Gasteiger partial charge in [0.25, 0.3) is 0 Å². The molecule has 3 aromatic carbocycles. The van der Waals surface area contributed by atoms with Crippen LogP contribution in [-0.4, -0.2) is 24.5 Å². The van der Waals surface area contributed by atoms with Gasteiger partial charge in [-0.3, -0.25) is 0 Å². The van der Waals surface area contributed by atoms with E-state index in [1.807, 2.05) is 61.5 Å². The molecule has 5 nitrogen and oxygen atoms in total. The number of hydrogen-bond acceptors (Lipinski definition) is 3. The number of fused-ring (bicyclic) bond motifs is 1. The molecule has 0 aliphatic heterocycles. The predicted octanol–water partition coefficient (Wildman–Crippen LogP) is 4.36. The zero-order valence-corrected chi connectivity index (χ0v) is 18.5. The highest BCUT2D eigenvalue weighted by Gasteiger charge is 2.15. The first-order valence-electron chi connectivity index (χ1n) is 10.6. The van der Waals surface area contributed by atoms with E-state index in [0.717, 1.165) is 41.7 Å². The topological polar surface area (TPSA) is 64.0 Å². The van der Waals surface area contributed by atoms with Gasteiger partial charge in [0, 0.05) is 19.5 Å². The van der Waals surface area contributed by atoms with E-state index < -0.39 is 10.0 Å². The second-order valence-corrected chi connectivity index (χ2v) is 9.32. The molecule has 4 rings (SSSR count). The second-order valence-electron chi connectivity index (χ2n) is 7.55. The van der Waals surface area contributed by atoms with Gasteiger partial charge in [-0.1, -0.05) is 61.5 Å². The van der Waals surface area contributed by atoms with Crippen molar-refractivity contribution < 1.29 is 8.42 Å². The Balaban J connectivity index is 1.49. The van der Waals surface area contributed by atoms with Crippen molar-refractivity contribution in [2.24, 2.45) is 0 Å². The summed E-state index contributed by atoms with van der Waals surface area (Å²) in [6.45, 7) is 2.88. The van der Waals surface area contributed by atoms with Crippen molar-refractivity contribution in [3.05, 3.63) is 95.8 Å². The van der Waals surface area contributed by atoms with Crippen molar-refractivity contribution in [1.29, 1.82) is 0 Å². The van der Waals surface area contributed by atoms with Gasteiger partial charge < -0.3 is 4.57 Å². The summed E-state index contributed by atoms with van der Waals surface area (Å²) in [6.07, 6.45) is 2.57. The Bertz CT molecular complexity index is 1250. The molecule has 31 heavy (non-hydrogen) atoms. The van der Waals surface area contributed by atoms with E-state index in [4.69, 9.17) is 4.98 Å². The Labute approximate surface area is 183 Å². The summed E-state index contributed by atoms with van der Waals surface area (Å²) in [5, 5.41) is 0. The van der Waals surface area contributed by atoms with Crippen LogP contribution in [0.4, 0.5) is 0 Å². The number of imidazole rings is 1. The highest BCUT2D eigenvalue weighted by Crippen LogP contribution is 2.18. The van der Waals surface area contributed by atoms with E-state index in [9.17, 15) is 8.42 Å². The molecule has 1 heterocycles. The number of benzene rings is 3. The lowest BCUT2D eigenvalue weighted by Crippen LogP contribution is -2.28. The lowest BCUT2D eigenvalue weighted by Gasteiger charge is -2.11. The highest BCUT2D eigenvalue weighted by atomic mass is 32.2. The summed E-state index contributed by atoms with van der Waals surface area (Å²) >= 11 is 0. The fourth-order valence-electron chi connectivity index (χ4n) is 3.75. The molecule has 0 amide bonds. The monoisotopic (exact) mass is 433 g/mol. The smallest absolute Gasteiger partial charge is 0.240 e. The Kier molecular flexibility index (Phi) is 6.49. The predicted molar refractivity (Wildman–Crippen MR) is 125 cm³/mol. The third-order valence-corrected chi connectivity index (χ3v) is 6.96. The first-order valence-corrected chi connectivity index (χ1v) is 12.1. The van der Waals surface area contributed by atoms with E-state index in [1.165, 1.54) is 5.56 Å². The molecule has 0 saturated heterocycles. The van der Waals surface area contributed by atoms with Crippen molar-refractivity contribution in [3.8, 4) is 0 Å². The fourth-order valence-corrected chi connectivity index (χ4v) is 4.77. The number of nitrogens with zero attached hydrogens (tertiary/aromatic N) is 2. The van der Waals surface area contributed by atoms with Crippen molar-refractivity contribution in [3.63, 3.8) is 0 Å². The van der Waals surface area contributed by atoms with Crippen LogP contribution in [0.5, 0.6) is 0 Å². The molecule has 0 saturated carbocycles. The maximum absolute atomic E-state index is 12.7. The van der Waals surface area contributed by atoms with Gasteiger partial charge in [-0.2, -0.15) is 0 Å². The number of nitrogens with one attached hydrogen (secondary N) is 1. The summed E-state index contributed by atoms with van der Waals surface area (Å²) in [7, 11) is -3.54. The minimum atomic E-state index is -3.54. The van der Waals surface area contributed by atoms with Crippen LogP contribution in [0.3, 0.4) is 0 Å². The molecule has 0 atom stereocenters. The van der Waals surface area contributed by atoms with Gasteiger partial charge in [-0.25, -0.2) is 18.1 Å². The minimum Gasteiger partial charge on any atom is -0.327 e. The molecular formula is C25H27N3O2S. The Hall–Kier alpha value is -2.96. The molecule has 4 aromatic rings. The average Bonchev–Trinajstić information content (AvgIpc) is 3.16. The minimum absolute atomic E-state index is 0.296. The maximum Gasteiger partial charge on any atom is 0.240 e. The molecule has 0 spiro atoms. The third-order valence-electron chi connectivity index (χ3n) is 5.48. The zero-order chi connectivity index (χ0) is 21.7. The van der Waals surface area contributed by atoms with Gasteiger partial charge in [0.05, 0.1) is 15.9 Å². The van der Waals surface area contributed by atoms with Crippen LogP contribution in [0.15, 0.2) is 83.8 Å². The molecular weight excluding hydrogens is 406 g/mol. The van der Waals surface area contributed by atoms with Crippen LogP contribution < -0.4 is 4.72 Å². The van der Waals surface area contributed by atoms with Crippen molar-refractivity contribution in [2.75, 3.05) is 6.54 Å². The van der Waals surface area contributed by atoms with Crippen molar-refractivity contribution in [1.82, 2.24) is 14.3 Å². The average molecular weight is 434 g/mol. The SMILES string of the molecule is CCc1ccc(S(=O)(=O)NCCn2c(CCc3ccccc3)nc3ccccc32)cc1. The number of hydrogen-bond donors (Lipinski definition) is 1. The van der Waals surface area contributed by atoms with Gasteiger partial charge in [0.1, 0.15) is 5.82 Å². The number of sulfonamides is 1. The highest BCUT2D eigenvalue weighted by molar-refractivity contribution is 7.89. The number of aryl methyl sites for hydroxylation is 3. The van der Waals surface area contributed by atoms with Gasteiger partial charge in [-0.05, 0) is 48.2 Å². The van der Waals surface area contributed by atoms with Crippen LogP contribution in [0.2, 0.25) is 0 Å². The molecule has 1 N–H and O–H groups in total. The first-order chi connectivity index (χ1) is 15.1. The van der Waals surface area contributed by atoms with Crippen LogP contribution >= 0.6 is 0 Å². The summed E-state index contributed by atoms with van der Waals surface area (Å²) < 4.78 is 30.2. The zero-order valence-electron chi connectivity index (χ0n) is 17.7. The van der Waals surface area contributed by atoms with Crippen LogP contribution in [-0.2, 0) is 35.8 Å². The number of aromatic nitrogens is 2. The lowest BCUT2D eigenvalue weighted by atomic mass is 10.1. The largest absolute Gasteiger partial charge is 0.327 e. The Morgan fingerprint density at radius 2 is 1.55 bits per heavy atom. The Morgan fingerprint density at radius 1 is 0.839 bits per heavy atom. The standard InChI is InChI=1S/C25H27N3O2S/c1-2-20-12-15-22(16-13-20)31(29,30)26-18-19-28-24-11-7-6-10-23(24)27-25(28)17-14-21-8-4-3-5-9-21/h3-13,15-16,26H,2,14,17-19H2,1H3. The van der Waals surface area contributed by atoms with E-state index in [-0.39, 0.29) is 0 Å². The van der Waals surface area contributed by atoms with Gasteiger partial charge >= 0.3 is 0 Å². The summed E-state index contributed by atoms with van der Waals surface area (Å²) in [6, 6.07) is 25.4. The third kappa shape index (κ3) is 5.03.